The molecule has 90 valence electrons. The van der Waals surface area contributed by atoms with E-state index in [1.165, 1.54) is 21.9 Å². The molecule has 1 N–H and O–H groups in total. The number of carbonyl (C=O) groups is 1. The van der Waals surface area contributed by atoms with Gasteiger partial charge in [-0.15, -0.1) is 11.3 Å². The highest BCUT2D eigenvalue weighted by Gasteiger charge is 2.14. The number of amides is 1. The van der Waals surface area contributed by atoms with Gasteiger partial charge in [-0.05, 0) is 13.3 Å². The van der Waals surface area contributed by atoms with Crippen LogP contribution in [0.4, 0.5) is 0 Å². The molecule has 2 aromatic heterocycles. The number of hydrogen-bond acceptors (Lipinski definition) is 4. The average molecular weight is 251 g/mol. The van der Waals surface area contributed by atoms with E-state index >= 15 is 0 Å². The van der Waals surface area contributed by atoms with Crippen molar-refractivity contribution in [1.82, 2.24) is 14.7 Å². The quantitative estimate of drug-likeness (QED) is 0.894. The number of hydrogen-bond donors (Lipinski definition) is 1. The molecule has 0 fully saturated rings. The van der Waals surface area contributed by atoms with E-state index in [1.54, 1.807) is 11.6 Å². The number of rotatable bonds is 3. The smallest absolute Gasteiger partial charge is 0.271 e. The minimum absolute atomic E-state index is 0.0464. The molecule has 2 heterocycles. The van der Waals surface area contributed by atoms with Crippen molar-refractivity contribution in [1.29, 1.82) is 0 Å². The van der Waals surface area contributed by atoms with E-state index in [2.05, 4.69) is 10.3 Å². The third-order valence-corrected chi connectivity index (χ3v) is 3.35. The maximum atomic E-state index is 12.0. The van der Waals surface area contributed by atoms with Crippen LogP contribution >= 0.6 is 11.3 Å². The molecule has 0 aliphatic heterocycles. The van der Waals surface area contributed by atoms with E-state index in [9.17, 15) is 9.59 Å². The van der Waals surface area contributed by atoms with E-state index in [1.807, 2.05) is 13.8 Å². The van der Waals surface area contributed by atoms with Gasteiger partial charge in [0.1, 0.15) is 5.56 Å². The molecule has 1 atom stereocenters. The Bertz CT molecular complexity index is 602. The van der Waals surface area contributed by atoms with Crippen molar-refractivity contribution < 1.29 is 4.79 Å². The van der Waals surface area contributed by atoms with Crippen LogP contribution in [-0.4, -0.2) is 21.3 Å². The van der Waals surface area contributed by atoms with E-state index in [-0.39, 0.29) is 23.1 Å². The molecule has 0 aliphatic rings. The molecule has 1 unspecified atom stereocenters. The lowest BCUT2D eigenvalue weighted by Gasteiger charge is -2.10. The molecule has 2 rings (SSSR count). The van der Waals surface area contributed by atoms with Crippen LogP contribution < -0.4 is 10.9 Å². The van der Waals surface area contributed by atoms with Crippen LogP contribution in [0.15, 0.2) is 22.6 Å². The summed E-state index contributed by atoms with van der Waals surface area (Å²) in [6.07, 6.45) is 3.78. The molecule has 0 spiro atoms. The number of carbonyl (C=O) groups excluding carboxylic acids is 1. The first-order valence-electron chi connectivity index (χ1n) is 5.39. The highest BCUT2D eigenvalue weighted by atomic mass is 32.1. The number of fused-ring (bicyclic) bond motifs is 1. The average Bonchev–Trinajstić information content (AvgIpc) is 2.78. The third kappa shape index (κ3) is 2.21. The fourth-order valence-electron chi connectivity index (χ4n) is 1.38. The van der Waals surface area contributed by atoms with Gasteiger partial charge in [0, 0.05) is 23.8 Å². The van der Waals surface area contributed by atoms with Gasteiger partial charge >= 0.3 is 0 Å². The van der Waals surface area contributed by atoms with Crippen molar-refractivity contribution in [3.63, 3.8) is 0 Å². The fraction of sp³-hybridized carbons (Fsp3) is 0.364. The van der Waals surface area contributed by atoms with Crippen LogP contribution in [0.3, 0.4) is 0 Å². The fourth-order valence-corrected chi connectivity index (χ4v) is 2.06. The zero-order valence-corrected chi connectivity index (χ0v) is 10.5. The van der Waals surface area contributed by atoms with Crippen LogP contribution in [0, 0.1) is 0 Å². The molecule has 5 nitrogen and oxygen atoms in total. The van der Waals surface area contributed by atoms with E-state index < -0.39 is 0 Å². The Morgan fingerprint density at radius 2 is 2.41 bits per heavy atom. The van der Waals surface area contributed by atoms with Gasteiger partial charge in [0.05, 0.1) is 0 Å². The van der Waals surface area contributed by atoms with Gasteiger partial charge in [-0.3, -0.25) is 14.0 Å². The first-order chi connectivity index (χ1) is 8.13. The Morgan fingerprint density at radius 3 is 3.12 bits per heavy atom. The lowest BCUT2D eigenvalue weighted by atomic mass is 10.2. The van der Waals surface area contributed by atoms with Crippen molar-refractivity contribution in [2.45, 2.75) is 26.3 Å². The summed E-state index contributed by atoms with van der Waals surface area (Å²) in [5.74, 6) is -0.363. The minimum Gasteiger partial charge on any atom is -0.349 e. The first kappa shape index (κ1) is 11.8. The summed E-state index contributed by atoms with van der Waals surface area (Å²) in [6.45, 7) is 3.87. The van der Waals surface area contributed by atoms with Crippen molar-refractivity contribution in [3.05, 3.63) is 33.7 Å². The molecule has 0 aliphatic carbocycles. The normalized spacial score (nSPS) is 12.6. The summed E-state index contributed by atoms with van der Waals surface area (Å²) in [5, 5.41) is 4.52. The predicted octanol–water partition coefficient (Wildman–Crippen LogP) is 1.28. The van der Waals surface area contributed by atoms with Crippen molar-refractivity contribution >= 4 is 22.2 Å². The zero-order chi connectivity index (χ0) is 12.4. The van der Waals surface area contributed by atoms with E-state index in [4.69, 9.17) is 0 Å². The molecule has 0 aromatic carbocycles. The summed E-state index contributed by atoms with van der Waals surface area (Å²) in [4.78, 5) is 28.5. The Kier molecular flexibility index (Phi) is 3.23. The number of aromatic nitrogens is 2. The molecule has 0 saturated carbocycles. The van der Waals surface area contributed by atoms with E-state index in [0.717, 1.165) is 6.42 Å². The Morgan fingerprint density at radius 1 is 1.65 bits per heavy atom. The molecular weight excluding hydrogens is 238 g/mol. The third-order valence-electron chi connectivity index (χ3n) is 2.58. The van der Waals surface area contributed by atoms with Crippen LogP contribution in [-0.2, 0) is 0 Å². The summed E-state index contributed by atoms with van der Waals surface area (Å²) in [6, 6.07) is 0.0464. The van der Waals surface area contributed by atoms with Gasteiger partial charge in [-0.2, -0.15) is 0 Å². The van der Waals surface area contributed by atoms with Gasteiger partial charge in [0.15, 0.2) is 4.96 Å². The topological polar surface area (TPSA) is 63.5 Å². The van der Waals surface area contributed by atoms with Gasteiger partial charge in [-0.1, -0.05) is 6.92 Å². The van der Waals surface area contributed by atoms with Gasteiger partial charge < -0.3 is 5.32 Å². The number of nitrogens with one attached hydrogen (secondary N) is 1. The lowest BCUT2D eigenvalue weighted by Crippen LogP contribution is -2.36. The minimum atomic E-state index is -0.363. The molecule has 0 bridgehead atoms. The Labute approximate surface area is 102 Å². The molecule has 0 radical (unpaired) electrons. The summed E-state index contributed by atoms with van der Waals surface area (Å²) in [7, 11) is 0. The lowest BCUT2D eigenvalue weighted by molar-refractivity contribution is 0.0937. The largest absolute Gasteiger partial charge is 0.349 e. The van der Waals surface area contributed by atoms with Gasteiger partial charge in [-0.25, -0.2) is 4.98 Å². The predicted molar refractivity (Wildman–Crippen MR) is 66.6 cm³/mol. The van der Waals surface area contributed by atoms with Crippen molar-refractivity contribution in [2.24, 2.45) is 0 Å². The molecular formula is C11H13N3O2S. The van der Waals surface area contributed by atoms with Gasteiger partial charge in [0.2, 0.25) is 0 Å². The van der Waals surface area contributed by atoms with Crippen LogP contribution in [0.2, 0.25) is 0 Å². The maximum absolute atomic E-state index is 12.0. The van der Waals surface area contributed by atoms with Crippen LogP contribution in [0.25, 0.3) is 4.96 Å². The molecule has 2 aromatic rings. The standard InChI is InChI=1S/C11H13N3O2S/c1-3-7(2)13-9(15)8-6-12-11-14(10(8)16)4-5-17-11/h4-7H,3H2,1-2H3,(H,13,15). The Hall–Kier alpha value is -1.69. The number of nitrogens with zero attached hydrogens (tertiary/aromatic N) is 2. The van der Waals surface area contributed by atoms with Gasteiger partial charge in [0.25, 0.3) is 11.5 Å². The number of thiazole rings is 1. The zero-order valence-electron chi connectivity index (χ0n) is 9.64. The highest BCUT2D eigenvalue weighted by molar-refractivity contribution is 7.15. The molecule has 17 heavy (non-hydrogen) atoms. The molecule has 6 heteroatoms. The van der Waals surface area contributed by atoms with Crippen molar-refractivity contribution in [2.75, 3.05) is 0 Å². The second-order valence-electron chi connectivity index (χ2n) is 3.82. The van der Waals surface area contributed by atoms with Crippen molar-refractivity contribution in [3.8, 4) is 0 Å². The highest BCUT2D eigenvalue weighted by Crippen LogP contribution is 2.05. The van der Waals surface area contributed by atoms with Crippen LogP contribution in [0.5, 0.6) is 0 Å². The van der Waals surface area contributed by atoms with Crippen LogP contribution in [0.1, 0.15) is 30.6 Å². The maximum Gasteiger partial charge on any atom is 0.271 e. The summed E-state index contributed by atoms with van der Waals surface area (Å²) < 4.78 is 1.39. The summed E-state index contributed by atoms with van der Waals surface area (Å²) >= 11 is 1.36. The Balaban J connectivity index is 2.39. The second-order valence-corrected chi connectivity index (χ2v) is 4.69. The molecule has 0 saturated heterocycles. The SMILES string of the molecule is CCC(C)NC(=O)c1cnc2sccn2c1=O. The first-order valence-corrected chi connectivity index (χ1v) is 6.27. The molecule has 1 amide bonds. The monoisotopic (exact) mass is 251 g/mol. The second kappa shape index (κ2) is 4.67. The van der Waals surface area contributed by atoms with E-state index in [0.29, 0.717) is 4.96 Å². The summed E-state index contributed by atoms with van der Waals surface area (Å²) in [5.41, 5.74) is -0.238.